The first kappa shape index (κ1) is 23.8. The van der Waals surface area contributed by atoms with Gasteiger partial charge in [-0.3, -0.25) is 0 Å². The second-order valence-corrected chi connectivity index (χ2v) is 11.4. The van der Waals surface area contributed by atoms with Crippen LogP contribution in [0.3, 0.4) is 0 Å². The van der Waals surface area contributed by atoms with Gasteiger partial charge in [0.1, 0.15) is 0 Å². The fourth-order valence-corrected chi connectivity index (χ4v) is 6.74. The SMILES string of the molecule is C=C1C(=CC=C2CCCC3(C)C2CC[C@@H]3[C@H](C)CCC(C)C(C)C)C[C@@H](O)CC1O. The van der Waals surface area contributed by atoms with Crippen molar-refractivity contribution >= 4 is 0 Å². The Bertz CT molecular complexity index is 672. The molecule has 3 aliphatic carbocycles. The first-order valence-electron chi connectivity index (χ1n) is 12.6. The van der Waals surface area contributed by atoms with E-state index in [2.05, 4.69) is 53.3 Å². The monoisotopic (exact) mass is 414 g/mol. The number of aliphatic hydroxyl groups excluding tert-OH is 2. The Morgan fingerprint density at radius 1 is 1.10 bits per heavy atom. The van der Waals surface area contributed by atoms with E-state index in [-0.39, 0.29) is 0 Å². The van der Waals surface area contributed by atoms with Crippen LogP contribution in [0.1, 0.15) is 92.4 Å². The highest BCUT2D eigenvalue weighted by Crippen LogP contribution is 2.60. The maximum Gasteiger partial charge on any atom is 0.0811 e. The fourth-order valence-electron chi connectivity index (χ4n) is 6.74. The van der Waals surface area contributed by atoms with Crippen LogP contribution in [0, 0.1) is 35.0 Å². The smallest absolute Gasteiger partial charge is 0.0811 e. The lowest BCUT2D eigenvalue weighted by Crippen LogP contribution is -2.36. The van der Waals surface area contributed by atoms with Crippen molar-refractivity contribution in [2.75, 3.05) is 0 Å². The van der Waals surface area contributed by atoms with Crippen LogP contribution in [0.15, 0.2) is 35.5 Å². The summed E-state index contributed by atoms with van der Waals surface area (Å²) in [7, 11) is 0. The van der Waals surface area contributed by atoms with Gasteiger partial charge in [0.05, 0.1) is 12.2 Å². The van der Waals surface area contributed by atoms with Gasteiger partial charge in [-0.15, -0.1) is 0 Å². The molecule has 0 aromatic heterocycles. The average Bonchev–Trinajstić information content (AvgIpc) is 3.04. The van der Waals surface area contributed by atoms with Gasteiger partial charge in [-0.25, -0.2) is 0 Å². The maximum absolute atomic E-state index is 10.1. The number of allylic oxidation sites excluding steroid dienone is 3. The average molecular weight is 415 g/mol. The lowest BCUT2D eigenvalue weighted by molar-refractivity contribution is 0.0861. The normalized spacial score (nSPS) is 39.5. The highest BCUT2D eigenvalue weighted by atomic mass is 16.3. The van der Waals surface area contributed by atoms with Gasteiger partial charge in [-0.05, 0) is 84.7 Å². The van der Waals surface area contributed by atoms with Crippen LogP contribution in [-0.2, 0) is 0 Å². The predicted octanol–water partition coefficient (Wildman–Crippen LogP) is 6.84. The summed E-state index contributed by atoms with van der Waals surface area (Å²) in [6.07, 6.45) is 13.8. The molecule has 3 rings (SSSR count). The molecule has 7 atom stereocenters. The topological polar surface area (TPSA) is 40.5 Å². The van der Waals surface area contributed by atoms with E-state index in [1.165, 1.54) is 44.9 Å². The van der Waals surface area contributed by atoms with E-state index >= 15 is 0 Å². The van der Waals surface area contributed by atoms with Crippen molar-refractivity contribution in [2.45, 2.75) is 105 Å². The molecule has 0 heterocycles. The largest absolute Gasteiger partial charge is 0.393 e. The van der Waals surface area contributed by atoms with Crippen molar-refractivity contribution in [1.82, 2.24) is 0 Å². The van der Waals surface area contributed by atoms with Crippen molar-refractivity contribution in [2.24, 2.45) is 35.0 Å². The standard InChI is InChI=1S/C28H46O2/c1-18(2)19(3)9-10-20(4)25-13-14-26-22(8-7-15-28(25,26)6)11-12-23-16-24(29)17-27(30)21(23)5/h11-12,18-20,24-27,29-30H,5,7-10,13-17H2,1-4,6H3/t19?,20-,24-,25-,26?,27?,28?/m1/s1. The molecule has 0 aromatic carbocycles. The van der Waals surface area contributed by atoms with Crippen LogP contribution in [0.4, 0.5) is 0 Å². The van der Waals surface area contributed by atoms with E-state index in [1.807, 2.05) is 0 Å². The Morgan fingerprint density at radius 2 is 1.83 bits per heavy atom. The minimum Gasteiger partial charge on any atom is -0.393 e. The van der Waals surface area contributed by atoms with Crippen molar-refractivity contribution in [3.05, 3.63) is 35.5 Å². The van der Waals surface area contributed by atoms with Crippen LogP contribution in [-0.4, -0.2) is 22.4 Å². The summed E-state index contributed by atoms with van der Waals surface area (Å²) < 4.78 is 0. The zero-order valence-electron chi connectivity index (χ0n) is 20.2. The second kappa shape index (κ2) is 9.74. The summed E-state index contributed by atoms with van der Waals surface area (Å²) >= 11 is 0. The van der Waals surface area contributed by atoms with Gasteiger partial charge in [0, 0.05) is 6.42 Å². The summed E-state index contributed by atoms with van der Waals surface area (Å²) in [6, 6.07) is 0. The van der Waals surface area contributed by atoms with Gasteiger partial charge < -0.3 is 10.2 Å². The number of hydrogen-bond donors (Lipinski definition) is 2. The lowest BCUT2D eigenvalue weighted by atomic mass is 9.60. The Morgan fingerprint density at radius 3 is 2.53 bits per heavy atom. The number of rotatable bonds is 6. The molecular formula is C28H46O2. The summed E-state index contributed by atoms with van der Waals surface area (Å²) in [5, 5.41) is 20.2. The number of hydrogen-bond acceptors (Lipinski definition) is 2. The second-order valence-electron chi connectivity index (χ2n) is 11.4. The van der Waals surface area contributed by atoms with Crippen molar-refractivity contribution in [1.29, 1.82) is 0 Å². The molecule has 0 radical (unpaired) electrons. The summed E-state index contributed by atoms with van der Waals surface area (Å²) in [5.41, 5.74) is 3.87. The fraction of sp³-hybridized carbons (Fsp3) is 0.786. The lowest BCUT2D eigenvalue weighted by Gasteiger charge is -2.44. The quantitative estimate of drug-likeness (QED) is 0.500. The van der Waals surface area contributed by atoms with E-state index in [1.54, 1.807) is 5.57 Å². The molecule has 2 N–H and O–H groups in total. The third kappa shape index (κ3) is 4.96. The zero-order chi connectivity index (χ0) is 22.1. The van der Waals surface area contributed by atoms with Crippen LogP contribution >= 0.6 is 0 Å². The molecule has 4 unspecified atom stereocenters. The molecular weight excluding hydrogens is 368 g/mol. The predicted molar refractivity (Wildman–Crippen MR) is 127 cm³/mol. The van der Waals surface area contributed by atoms with Gasteiger partial charge in [-0.2, -0.15) is 0 Å². The van der Waals surface area contributed by atoms with Gasteiger partial charge >= 0.3 is 0 Å². The Balaban J connectivity index is 1.72. The number of aliphatic hydroxyl groups is 2. The Kier molecular flexibility index (Phi) is 7.72. The molecule has 0 spiro atoms. The van der Waals surface area contributed by atoms with Crippen LogP contribution < -0.4 is 0 Å². The summed E-state index contributed by atoms with van der Waals surface area (Å²) in [4.78, 5) is 0. The third-order valence-corrected chi connectivity index (χ3v) is 9.20. The van der Waals surface area contributed by atoms with Gasteiger partial charge in [0.15, 0.2) is 0 Å². The third-order valence-electron chi connectivity index (χ3n) is 9.20. The van der Waals surface area contributed by atoms with E-state index in [9.17, 15) is 10.2 Å². The first-order chi connectivity index (χ1) is 14.1. The molecule has 2 heteroatoms. The molecule has 30 heavy (non-hydrogen) atoms. The van der Waals surface area contributed by atoms with Crippen LogP contribution in [0.5, 0.6) is 0 Å². The molecule has 3 aliphatic rings. The molecule has 0 aliphatic heterocycles. The zero-order valence-corrected chi connectivity index (χ0v) is 20.2. The number of fused-ring (bicyclic) bond motifs is 1. The first-order valence-corrected chi connectivity index (χ1v) is 12.6. The van der Waals surface area contributed by atoms with Crippen LogP contribution in [0.25, 0.3) is 0 Å². The minimum absolute atomic E-state index is 0.419. The highest BCUT2D eigenvalue weighted by molar-refractivity contribution is 5.38. The van der Waals surface area contributed by atoms with Gasteiger partial charge in [0.2, 0.25) is 0 Å². The maximum atomic E-state index is 10.1. The minimum atomic E-state index is -0.597. The molecule has 170 valence electrons. The van der Waals surface area contributed by atoms with E-state index in [4.69, 9.17) is 0 Å². The summed E-state index contributed by atoms with van der Waals surface area (Å²) in [5.74, 6) is 3.95. The van der Waals surface area contributed by atoms with Gasteiger partial charge in [-0.1, -0.05) is 71.8 Å². The van der Waals surface area contributed by atoms with Gasteiger partial charge in [0.25, 0.3) is 0 Å². The molecule has 0 aromatic rings. The summed E-state index contributed by atoms with van der Waals surface area (Å²) in [6.45, 7) is 16.3. The van der Waals surface area contributed by atoms with E-state index < -0.39 is 12.2 Å². The highest BCUT2D eigenvalue weighted by Gasteiger charge is 2.50. The Labute approximate surface area is 185 Å². The molecule has 0 bridgehead atoms. The van der Waals surface area contributed by atoms with E-state index in [0.29, 0.717) is 24.2 Å². The molecule has 0 saturated heterocycles. The Hall–Kier alpha value is -0.860. The van der Waals surface area contributed by atoms with Crippen molar-refractivity contribution in [3.8, 4) is 0 Å². The molecule has 3 fully saturated rings. The molecule has 0 amide bonds. The van der Waals surface area contributed by atoms with E-state index in [0.717, 1.165) is 34.8 Å². The molecule has 2 nitrogen and oxygen atoms in total. The van der Waals surface area contributed by atoms with Crippen molar-refractivity contribution in [3.63, 3.8) is 0 Å². The van der Waals surface area contributed by atoms with Crippen LogP contribution in [0.2, 0.25) is 0 Å². The molecule has 3 saturated carbocycles. The van der Waals surface area contributed by atoms with Crippen molar-refractivity contribution < 1.29 is 10.2 Å².